The third-order valence-electron chi connectivity index (χ3n) is 3.52. The number of alkyl halides is 6. The van der Waals surface area contributed by atoms with Gasteiger partial charge in [-0.15, -0.1) is 0 Å². The molecule has 30 heavy (non-hydrogen) atoms. The van der Waals surface area contributed by atoms with Crippen LogP contribution in [-0.4, -0.2) is 82.6 Å². The first kappa shape index (κ1) is 27.8. The number of nitrogens with zero attached hydrogens (tertiary/aromatic N) is 2. The summed E-state index contributed by atoms with van der Waals surface area (Å²) < 4.78 is 63.5. The Labute approximate surface area is 172 Å². The first-order valence-corrected chi connectivity index (χ1v) is 8.40. The lowest BCUT2D eigenvalue weighted by Gasteiger charge is -2.32. The number of hydrogen-bond acceptors (Lipinski definition) is 5. The predicted molar refractivity (Wildman–Crippen MR) is 93.3 cm³/mol. The average molecular weight is 469 g/mol. The molecule has 2 rings (SSSR count). The number of carbonyl (C=O) groups is 2. The van der Waals surface area contributed by atoms with E-state index in [9.17, 15) is 31.4 Å². The van der Waals surface area contributed by atoms with Crippen LogP contribution in [0.15, 0.2) is 18.2 Å². The van der Waals surface area contributed by atoms with Crippen LogP contribution >= 0.6 is 11.6 Å². The predicted octanol–water partition coefficient (Wildman–Crippen LogP) is 3.06. The molecule has 3 N–H and O–H groups in total. The van der Waals surface area contributed by atoms with Crippen molar-refractivity contribution in [2.45, 2.75) is 18.9 Å². The maximum atomic E-state index is 10.6. The minimum Gasteiger partial charge on any atom is -0.508 e. The number of piperazine rings is 1. The molecule has 0 amide bonds. The smallest absolute Gasteiger partial charge is 0.490 e. The number of aliphatic carboxylic acids is 2. The molecule has 1 saturated heterocycles. The second-order valence-corrected chi connectivity index (χ2v) is 6.39. The Kier molecular flexibility index (Phi) is 10.9. The molecule has 1 fully saturated rings. The molecule has 1 aromatic rings. The summed E-state index contributed by atoms with van der Waals surface area (Å²) in [6.45, 7) is 5.04. The molecule has 1 aromatic carbocycles. The Hall–Kier alpha value is -2.25. The van der Waals surface area contributed by atoms with Crippen LogP contribution in [0.4, 0.5) is 26.3 Å². The molecular weight excluding hydrogens is 450 g/mol. The largest absolute Gasteiger partial charge is 0.508 e. The molecule has 172 valence electrons. The minimum atomic E-state index is -5.08. The standard InChI is InChI=1S/C12H17ClN2O.2C2HF3O2/c1-14-4-6-15(7-5-14)9-10-8-11(13)2-3-12(10)16;2*3-2(4,5)1(6)7/h2-3,8,16H,4-7,9H2,1H3;2*(H,6,7). The van der Waals surface area contributed by atoms with Crippen molar-refractivity contribution in [1.29, 1.82) is 0 Å². The lowest BCUT2D eigenvalue weighted by molar-refractivity contribution is -0.193. The number of carboxylic acid groups (broad SMARTS) is 2. The van der Waals surface area contributed by atoms with Gasteiger partial charge < -0.3 is 20.2 Å². The normalized spacial score (nSPS) is 15.3. The first-order chi connectivity index (χ1) is 13.5. The number of halogens is 7. The summed E-state index contributed by atoms with van der Waals surface area (Å²) in [7, 11) is 2.13. The monoisotopic (exact) mass is 468 g/mol. The van der Waals surface area contributed by atoms with E-state index in [1.54, 1.807) is 12.1 Å². The van der Waals surface area contributed by atoms with Crippen LogP contribution in [0.2, 0.25) is 5.02 Å². The van der Waals surface area contributed by atoms with Crippen molar-refractivity contribution in [3.63, 3.8) is 0 Å². The number of phenolic OH excluding ortho intramolecular Hbond substituents is 1. The van der Waals surface area contributed by atoms with E-state index in [0.29, 0.717) is 10.8 Å². The molecule has 14 heteroatoms. The van der Waals surface area contributed by atoms with Gasteiger partial charge >= 0.3 is 24.3 Å². The van der Waals surface area contributed by atoms with E-state index in [2.05, 4.69) is 16.8 Å². The van der Waals surface area contributed by atoms with Gasteiger partial charge in [-0.1, -0.05) is 11.6 Å². The van der Waals surface area contributed by atoms with Crippen LogP contribution < -0.4 is 0 Å². The lowest BCUT2D eigenvalue weighted by Crippen LogP contribution is -2.43. The highest BCUT2D eigenvalue weighted by Gasteiger charge is 2.38. The van der Waals surface area contributed by atoms with Gasteiger partial charge in [-0.05, 0) is 25.2 Å². The highest BCUT2D eigenvalue weighted by Crippen LogP contribution is 2.23. The van der Waals surface area contributed by atoms with Gasteiger partial charge in [0.15, 0.2) is 0 Å². The summed E-state index contributed by atoms with van der Waals surface area (Å²) in [5.41, 5.74) is 0.914. The average Bonchev–Trinajstić information content (AvgIpc) is 2.59. The molecule has 0 bridgehead atoms. The fraction of sp³-hybridized carbons (Fsp3) is 0.500. The van der Waals surface area contributed by atoms with E-state index in [1.165, 1.54) is 0 Å². The zero-order valence-corrected chi connectivity index (χ0v) is 16.2. The Morgan fingerprint density at radius 3 is 1.73 bits per heavy atom. The Morgan fingerprint density at radius 1 is 0.967 bits per heavy atom. The summed E-state index contributed by atoms with van der Waals surface area (Å²) in [5, 5.41) is 24.7. The van der Waals surface area contributed by atoms with Crippen molar-refractivity contribution in [2.75, 3.05) is 33.2 Å². The van der Waals surface area contributed by atoms with Crippen LogP contribution in [0.5, 0.6) is 5.75 Å². The van der Waals surface area contributed by atoms with Crippen molar-refractivity contribution in [2.24, 2.45) is 0 Å². The lowest BCUT2D eigenvalue weighted by atomic mass is 10.1. The quantitative estimate of drug-likeness (QED) is 0.573. The first-order valence-electron chi connectivity index (χ1n) is 8.02. The number of aromatic hydroxyl groups is 1. The summed E-state index contributed by atoms with van der Waals surface area (Å²) in [5.74, 6) is -5.18. The molecule has 0 radical (unpaired) electrons. The van der Waals surface area contributed by atoms with Crippen molar-refractivity contribution in [3.8, 4) is 5.75 Å². The van der Waals surface area contributed by atoms with Gasteiger partial charge in [-0.25, -0.2) is 9.59 Å². The molecular formula is C16H19ClF6N2O5. The maximum Gasteiger partial charge on any atom is 0.490 e. The molecule has 0 saturated carbocycles. The fourth-order valence-electron chi connectivity index (χ4n) is 1.93. The van der Waals surface area contributed by atoms with E-state index in [4.69, 9.17) is 31.4 Å². The zero-order chi connectivity index (χ0) is 23.7. The molecule has 0 aliphatic carbocycles. The number of carboxylic acids is 2. The van der Waals surface area contributed by atoms with Crippen LogP contribution in [0, 0.1) is 0 Å². The maximum absolute atomic E-state index is 10.6. The van der Waals surface area contributed by atoms with Crippen LogP contribution in [0.25, 0.3) is 0 Å². The van der Waals surface area contributed by atoms with Crippen molar-refractivity contribution in [3.05, 3.63) is 28.8 Å². The van der Waals surface area contributed by atoms with Crippen molar-refractivity contribution < 1.29 is 51.3 Å². The Morgan fingerprint density at radius 2 is 1.37 bits per heavy atom. The van der Waals surface area contributed by atoms with Crippen LogP contribution in [0.3, 0.4) is 0 Å². The van der Waals surface area contributed by atoms with E-state index < -0.39 is 24.3 Å². The van der Waals surface area contributed by atoms with Crippen LogP contribution in [0.1, 0.15) is 5.56 Å². The number of likely N-dealkylation sites (N-methyl/N-ethyl adjacent to an activating group) is 1. The van der Waals surface area contributed by atoms with Gasteiger partial charge in [0, 0.05) is 43.3 Å². The van der Waals surface area contributed by atoms with Crippen molar-refractivity contribution >= 4 is 23.5 Å². The summed E-state index contributed by atoms with van der Waals surface area (Å²) in [6.07, 6.45) is -10.2. The fourth-order valence-corrected chi connectivity index (χ4v) is 2.12. The van der Waals surface area contributed by atoms with Gasteiger partial charge in [-0.3, -0.25) is 4.90 Å². The second-order valence-electron chi connectivity index (χ2n) is 5.96. The summed E-state index contributed by atoms with van der Waals surface area (Å²) in [6, 6.07) is 5.22. The second kappa shape index (κ2) is 11.8. The van der Waals surface area contributed by atoms with Gasteiger partial charge in [0.1, 0.15) is 5.75 Å². The molecule has 0 atom stereocenters. The van der Waals surface area contributed by atoms with Gasteiger partial charge in [0.2, 0.25) is 0 Å². The van der Waals surface area contributed by atoms with E-state index >= 15 is 0 Å². The van der Waals surface area contributed by atoms with Gasteiger partial charge in [0.05, 0.1) is 0 Å². The van der Waals surface area contributed by atoms with E-state index in [0.717, 1.165) is 38.3 Å². The zero-order valence-electron chi connectivity index (χ0n) is 15.5. The van der Waals surface area contributed by atoms with Crippen LogP contribution in [-0.2, 0) is 16.1 Å². The molecule has 0 unspecified atom stereocenters. The number of rotatable bonds is 2. The highest BCUT2D eigenvalue weighted by atomic mass is 35.5. The molecule has 7 nitrogen and oxygen atoms in total. The Balaban J connectivity index is 0.000000503. The minimum absolute atomic E-state index is 0.336. The van der Waals surface area contributed by atoms with Gasteiger partial charge in [-0.2, -0.15) is 26.3 Å². The third-order valence-corrected chi connectivity index (χ3v) is 3.75. The number of benzene rings is 1. The Bertz CT molecular complexity index is 682. The number of phenols is 1. The summed E-state index contributed by atoms with van der Waals surface area (Å²) in [4.78, 5) is 22.4. The molecule has 1 aliphatic rings. The van der Waals surface area contributed by atoms with Crippen molar-refractivity contribution in [1.82, 2.24) is 9.80 Å². The van der Waals surface area contributed by atoms with E-state index in [-0.39, 0.29) is 0 Å². The molecule has 0 spiro atoms. The van der Waals surface area contributed by atoms with Gasteiger partial charge in [0.25, 0.3) is 0 Å². The molecule has 1 heterocycles. The topological polar surface area (TPSA) is 101 Å². The molecule has 1 aliphatic heterocycles. The summed E-state index contributed by atoms with van der Waals surface area (Å²) >= 11 is 5.92. The SMILES string of the molecule is CN1CCN(Cc2cc(Cl)ccc2O)CC1.O=C(O)C(F)(F)F.O=C(O)C(F)(F)F. The highest BCUT2D eigenvalue weighted by molar-refractivity contribution is 6.30. The molecule has 0 aromatic heterocycles. The third kappa shape index (κ3) is 11.7. The van der Waals surface area contributed by atoms with E-state index in [1.807, 2.05) is 6.07 Å². The number of hydrogen-bond donors (Lipinski definition) is 3.